The number of nitrogens with zero attached hydrogens (tertiary/aromatic N) is 1. The van der Waals surface area contributed by atoms with Crippen LogP contribution in [0.4, 0.5) is 5.69 Å². The van der Waals surface area contributed by atoms with E-state index in [9.17, 15) is 14.4 Å². The number of fused-ring (bicyclic) bond motifs is 1. The number of hydrogen-bond donors (Lipinski definition) is 2. The Kier molecular flexibility index (Phi) is 4.29. The van der Waals surface area contributed by atoms with Gasteiger partial charge in [0.05, 0.1) is 10.9 Å². The molecule has 0 aliphatic heterocycles. The van der Waals surface area contributed by atoms with E-state index in [4.69, 9.17) is 0 Å². The highest BCUT2D eigenvalue weighted by Gasteiger charge is 2.09. The summed E-state index contributed by atoms with van der Waals surface area (Å²) in [6, 6.07) is 14.3. The summed E-state index contributed by atoms with van der Waals surface area (Å²) in [5, 5.41) is 3.26. The summed E-state index contributed by atoms with van der Waals surface area (Å²) >= 11 is 0. The molecule has 0 atom stereocenters. The molecule has 1 aromatic heterocycles. The molecule has 24 heavy (non-hydrogen) atoms. The lowest BCUT2D eigenvalue weighted by molar-refractivity contribution is -0.116. The molecule has 2 N–H and O–H groups in total. The maximum absolute atomic E-state index is 12.2. The van der Waals surface area contributed by atoms with Gasteiger partial charge >= 0.3 is 5.69 Å². The van der Waals surface area contributed by atoms with Gasteiger partial charge in [-0.1, -0.05) is 30.3 Å². The normalized spacial score (nSPS) is 10.7. The summed E-state index contributed by atoms with van der Waals surface area (Å²) in [7, 11) is 0. The second kappa shape index (κ2) is 6.54. The van der Waals surface area contributed by atoms with E-state index in [0.717, 1.165) is 11.3 Å². The summed E-state index contributed by atoms with van der Waals surface area (Å²) in [5.41, 5.74) is 1.31. The maximum atomic E-state index is 12.2. The van der Waals surface area contributed by atoms with Gasteiger partial charge in [0.1, 0.15) is 0 Å². The Morgan fingerprint density at radius 3 is 2.58 bits per heavy atom. The number of H-pyrrole nitrogens is 1. The van der Waals surface area contributed by atoms with Gasteiger partial charge in [0.2, 0.25) is 5.91 Å². The monoisotopic (exact) mass is 323 g/mol. The number of para-hydroxylation sites is 2. The molecule has 1 heterocycles. The number of aryl methyl sites for hydroxylation is 2. The van der Waals surface area contributed by atoms with E-state index in [-0.39, 0.29) is 18.9 Å². The Morgan fingerprint density at radius 2 is 1.79 bits per heavy atom. The van der Waals surface area contributed by atoms with Gasteiger partial charge in [0.15, 0.2) is 0 Å². The molecule has 0 fully saturated rings. The molecule has 0 bridgehead atoms. The smallest absolute Gasteiger partial charge is 0.326 e. The molecule has 3 aromatic rings. The van der Waals surface area contributed by atoms with Crippen molar-refractivity contribution >= 4 is 22.5 Å². The first kappa shape index (κ1) is 15.7. The van der Waals surface area contributed by atoms with Crippen LogP contribution in [0.15, 0.2) is 58.1 Å². The highest BCUT2D eigenvalue weighted by atomic mass is 16.2. The van der Waals surface area contributed by atoms with E-state index in [0.29, 0.717) is 10.9 Å². The van der Waals surface area contributed by atoms with Crippen LogP contribution in [0, 0.1) is 6.92 Å². The Labute approximate surface area is 137 Å². The predicted octanol–water partition coefficient (Wildman–Crippen LogP) is 2.03. The summed E-state index contributed by atoms with van der Waals surface area (Å²) in [5.74, 6) is -0.188. The van der Waals surface area contributed by atoms with E-state index in [2.05, 4.69) is 10.3 Å². The fourth-order valence-electron chi connectivity index (χ4n) is 2.60. The molecule has 6 nitrogen and oxygen atoms in total. The minimum absolute atomic E-state index is 0.129. The molecule has 122 valence electrons. The topological polar surface area (TPSA) is 84.0 Å². The quantitative estimate of drug-likeness (QED) is 0.770. The predicted molar refractivity (Wildman–Crippen MR) is 93.3 cm³/mol. The van der Waals surface area contributed by atoms with Crippen molar-refractivity contribution in [3.8, 4) is 0 Å². The van der Waals surface area contributed by atoms with E-state index in [1.165, 1.54) is 4.57 Å². The minimum Gasteiger partial charge on any atom is -0.326 e. The standard InChI is InChI=1S/C18H17N3O3/c1-12-6-2-4-8-14(12)19-16(22)10-11-21-15-9-5-3-7-13(15)17(23)20-18(21)24/h2-9H,10-11H2,1H3,(H,19,22)(H,20,23,24). The molecular formula is C18H17N3O3. The third-order valence-electron chi connectivity index (χ3n) is 3.89. The van der Waals surface area contributed by atoms with Crippen molar-refractivity contribution < 1.29 is 4.79 Å². The zero-order valence-corrected chi connectivity index (χ0v) is 13.2. The van der Waals surface area contributed by atoms with Crippen LogP contribution in [-0.4, -0.2) is 15.5 Å². The summed E-state index contributed by atoms with van der Waals surface area (Å²) in [6.07, 6.45) is 0.129. The van der Waals surface area contributed by atoms with E-state index < -0.39 is 11.2 Å². The van der Waals surface area contributed by atoms with Crippen molar-refractivity contribution in [2.75, 3.05) is 5.32 Å². The van der Waals surface area contributed by atoms with Gasteiger partial charge in [-0.25, -0.2) is 4.79 Å². The van der Waals surface area contributed by atoms with Crippen LogP contribution in [0.25, 0.3) is 10.9 Å². The van der Waals surface area contributed by atoms with Gasteiger partial charge in [-0.3, -0.25) is 19.1 Å². The first-order valence-electron chi connectivity index (χ1n) is 7.63. The largest absolute Gasteiger partial charge is 0.328 e. The lowest BCUT2D eigenvalue weighted by Crippen LogP contribution is -2.31. The molecule has 0 aliphatic rings. The van der Waals surface area contributed by atoms with Gasteiger partial charge in [-0.15, -0.1) is 0 Å². The Bertz CT molecular complexity index is 1020. The first-order valence-corrected chi connectivity index (χ1v) is 7.63. The van der Waals surface area contributed by atoms with Crippen LogP contribution < -0.4 is 16.6 Å². The highest BCUT2D eigenvalue weighted by molar-refractivity contribution is 5.91. The van der Waals surface area contributed by atoms with E-state index >= 15 is 0 Å². The number of aromatic nitrogens is 2. The van der Waals surface area contributed by atoms with Gasteiger partial charge in [-0.05, 0) is 30.7 Å². The molecule has 0 unspecified atom stereocenters. The molecule has 6 heteroatoms. The van der Waals surface area contributed by atoms with Crippen molar-refractivity contribution in [2.45, 2.75) is 19.9 Å². The Hall–Kier alpha value is -3.15. The average molecular weight is 323 g/mol. The van der Waals surface area contributed by atoms with Crippen molar-refractivity contribution in [3.05, 3.63) is 74.9 Å². The van der Waals surface area contributed by atoms with Crippen molar-refractivity contribution in [1.82, 2.24) is 9.55 Å². The van der Waals surface area contributed by atoms with Gasteiger partial charge in [-0.2, -0.15) is 0 Å². The van der Waals surface area contributed by atoms with E-state index in [1.54, 1.807) is 24.3 Å². The minimum atomic E-state index is -0.512. The average Bonchev–Trinajstić information content (AvgIpc) is 2.57. The molecule has 2 aromatic carbocycles. The zero-order chi connectivity index (χ0) is 17.1. The summed E-state index contributed by atoms with van der Waals surface area (Å²) in [6.45, 7) is 2.10. The molecule has 0 spiro atoms. The molecule has 0 radical (unpaired) electrons. The second-order valence-corrected chi connectivity index (χ2v) is 5.54. The number of carbonyl (C=O) groups is 1. The van der Waals surface area contributed by atoms with Crippen molar-refractivity contribution in [1.29, 1.82) is 0 Å². The first-order chi connectivity index (χ1) is 11.6. The number of anilines is 1. The Morgan fingerprint density at radius 1 is 1.08 bits per heavy atom. The van der Waals surface area contributed by atoms with Gasteiger partial charge < -0.3 is 5.32 Å². The second-order valence-electron chi connectivity index (χ2n) is 5.54. The third kappa shape index (κ3) is 3.12. The van der Waals surface area contributed by atoms with Gasteiger partial charge in [0, 0.05) is 18.7 Å². The number of carbonyl (C=O) groups excluding carboxylic acids is 1. The molecule has 1 amide bonds. The lowest BCUT2D eigenvalue weighted by Gasteiger charge is -2.10. The number of amides is 1. The van der Waals surface area contributed by atoms with Crippen molar-refractivity contribution in [2.24, 2.45) is 0 Å². The van der Waals surface area contributed by atoms with Crippen LogP contribution in [-0.2, 0) is 11.3 Å². The van der Waals surface area contributed by atoms with E-state index in [1.807, 2.05) is 31.2 Å². The highest BCUT2D eigenvalue weighted by Crippen LogP contribution is 2.13. The number of hydrogen-bond acceptors (Lipinski definition) is 3. The third-order valence-corrected chi connectivity index (χ3v) is 3.89. The molecule has 3 rings (SSSR count). The number of rotatable bonds is 4. The lowest BCUT2D eigenvalue weighted by atomic mass is 10.2. The fourth-order valence-corrected chi connectivity index (χ4v) is 2.60. The van der Waals surface area contributed by atoms with Crippen LogP contribution in [0.1, 0.15) is 12.0 Å². The number of aromatic amines is 1. The number of benzene rings is 2. The van der Waals surface area contributed by atoms with Crippen LogP contribution in [0.3, 0.4) is 0 Å². The maximum Gasteiger partial charge on any atom is 0.328 e. The molecule has 0 aliphatic carbocycles. The van der Waals surface area contributed by atoms with Crippen LogP contribution in [0.5, 0.6) is 0 Å². The summed E-state index contributed by atoms with van der Waals surface area (Å²) in [4.78, 5) is 38.3. The fraction of sp³-hybridized carbons (Fsp3) is 0.167. The number of nitrogens with one attached hydrogen (secondary N) is 2. The molecule has 0 saturated heterocycles. The SMILES string of the molecule is Cc1ccccc1NC(=O)CCn1c(=O)[nH]c(=O)c2ccccc21. The Balaban J connectivity index is 1.81. The zero-order valence-electron chi connectivity index (χ0n) is 13.2. The molecule has 0 saturated carbocycles. The molecular weight excluding hydrogens is 306 g/mol. The van der Waals surface area contributed by atoms with Crippen LogP contribution in [0.2, 0.25) is 0 Å². The summed E-state index contributed by atoms with van der Waals surface area (Å²) < 4.78 is 1.41. The van der Waals surface area contributed by atoms with Crippen LogP contribution >= 0.6 is 0 Å². The van der Waals surface area contributed by atoms with Gasteiger partial charge in [0.25, 0.3) is 5.56 Å². The van der Waals surface area contributed by atoms with Crippen molar-refractivity contribution in [3.63, 3.8) is 0 Å².